The van der Waals surface area contributed by atoms with Crippen LogP contribution >= 0.6 is 22.9 Å². The zero-order chi connectivity index (χ0) is 9.84. The average molecular weight is 217 g/mol. The van der Waals surface area contributed by atoms with Crippen molar-refractivity contribution in [3.63, 3.8) is 0 Å². The number of thiophene rings is 1. The van der Waals surface area contributed by atoms with Gasteiger partial charge in [-0.05, 0) is 11.4 Å². The summed E-state index contributed by atoms with van der Waals surface area (Å²) < 4.78 is 0. The molecule has 3 N–H and O–H groups in total. The zero-order valence-electron chi connectivity index (χ0n) is 6.84. The van der Waals surface area contributed by atoms with Crippen LogP contribution in [0.15, 0.2) is 23.1 Å². The summed E-state index contributed by atoms with van der Waals surface area (Å²) in [6.07, 6.45) is 0. The van der Waals surface area contributed by atoms with Crippen LogP contribution in [0.1, 0.15) is 9.67 Å². The summed E-state index contributed by atoms with van der Waals surface area (Å²) in [5, 5.41) is 4.74. The van der Waals surface area contributed by atoms with E-state index < -0.39 is 0 Å². The van der Waals surface area contributed by atoms with Gasteiger partial charge in [-0.25, -0.2) is 0 Å². The van der Waals surface area contributed by atoms with E-state index in [0.717, 1.165) is 0 Å². The molecule has 0 aliphatic rings. The number of anilines is 1. The molecule has 1 aromatic rings. The lowest BCUT2D eigenvalue weighted by Gasteiger charge is -2.01. The third-order valence-corrected chi connectivity index (χ3v) is 2.41. The second-order valence-corrected chi connectivity index (χ2v) is 3.86. The molecule has 0 unspecified atom stereocenters. The molecule has 0 bridgehead atoms. The fraction of sp³-hybridized carbons (Fsp3) is 0.125. The van der Waals surface area contributed by atoms with Gasteiger partial charge in [0.1, 0.15) is 4.88 Å². The van der Waals surface area contributed by atoms with Crippen molar-refractivity contribution in [1.82, 2.24) is 5.32 Å². The smallest absolute Gasteiger partial charge is 0.263 e. The maximum atomic E-state index is 11.4. The molecular formula is C8H9ClN2OS. The zero-order valence-corrected chi connectivity index (χ0v) is 8.41. The van der Waals surface area contributed by atoms with E-state index in [-0.39, 0.29) is 12.5 Å². The summed E-state index contributed by atoms with van der Waals surface area (Å²) in [5.41, 5.74) is 6.03. The van der Waals surface area contributed by atoms with E-state index in [1.165, 1.54) is 11.3 Å². The molecule has 3 nitrogen and oxygen atoms in total. The van der Waals surface area contributed by atoms with Gasteiger partial charge in [-0.2, -0.15) is 0 Å². The number of nitrogen functional groups attached to an aromatic ring is 1. The SMILES string of the molecule is C=C(Cl)CNC(=O)c1sccc1N. The normalized spacial score (nSPS) is 9.62. The summed E-state index contributed by atoms with van der Waals surface area (Å²) in [7, 11) is 0. The van der Waals surface area contributed by atoms with Crippen LogP contribution in [0.2, 0.25) is 0 Å². The van der Waals surface area contributed by atoms with Crippen molar-refractivity contribution < 1.29 is 4.79 Å². The Bertz CT molecular complexity index is 335. The van der Waals surface area contributed by atoms with Crippen molar-refractivity contribution in [3.05, 3.63) is 27.9 Å². The Morgan fingerprint density at radius 2 is 2.46 bits per heavy atom. The summed E-state index contributed by atoms with van der Waals surface area (Å²) in [6.45, 7) is 3.72. The maximum Gasteiger partial charge on any atom is 0.263 e. The first-order valence-corrected chi connectivity index (χ1v) is 4.81. The molecule has 1 aromatic heterocycles. The summed E-state index contributed by atoms with van der Waals surface area (Å²) in [5.74, 6) is -0.214. The Morgan fingerprint density at radius 3 is 2.92 bits per heavy atom. The Labute approximate surface area is 85.2 Å². The number of nitrogens with two attached hydrogens (primary N) is 1. The number of halogens is 1. The highest BCUT2D eigenvalue weighted by molar-refractivity contribution is 7.12. The summed E-state index contributed by atoms with van der Waals surface area (Å²) in [6, 6.07) is 1.69. The Morgan fingerprint density at radius 1 is 1.77 bits per heavy atom. The number of carbonyl (C=O) groups is 1. The van der Waals surface area contributed by atoms with Gasteiger partial charge >= 0.3 is 0 Å². The van der Waals surface area contributed by atoms with E-state index in [0.29, 0.717) is 15.6 Å². The Kier molecular flexibility index (Phi) is 3.33. The summed E-state index contributed by atoms with van der Waals surface area (Å²) >= 11 is 6.79. The van der Waals surface area contributed by atoms with Crippen LogP contribution in [0.5, 0.6) is 0 Å². The molecule has 1 rings (SSSR count). The fourth-order valence-corrected chi connectivity index (χ4v) is 1.56. The molecule has 1 heterocycles. The Balaban J connectivity index is 2.59. The van der Waals surface area contributed by atoms with Crippen LogP contribution in [0.25, 0.3) is 0 Å². The van der Waals surface area contributed by atoms with Crippen LogP contribution in [0.3, 0.4) is 0 Å². The second kappa shape index (κ2) is 4.30. The summed E-state index contributed by atoms with van der Waals surface area (Å²) in [4.78, 5) is 11.9. The van der Waals surface area contributed by atoms with Crippen LogP contribution in [0.4, 0.5) is 5.69 Å². The predicted octanol–water partition coefficient (Wildman–Crippen LogP) is 1.81. The fourth-order valence-electron chi connectivity index (χ4n) is 0.760. The van der Waals surface area contributed by atoms with Crippen molar-refractivity contribution in [2.75, 3.05) is 12.3 Å². The molecule has 0 aliphatic carbocycles. The Hall–Kier alpha value is -1.00. The molecule has 70 valence electrons. The third-order valence-electron chi connectivity index (χ3n) is 1.34. The highest BCUT2D eigenvalue weighted by Gasteiger charge is 2.09. The van der Waals surface area contributed by atoms with Gasteiger partial charge in [-0.3, -0.25) is 4.79 Å². The standard InChI is InChI=1S/C8H9ClN2OS/c1-5(9)4-11-8(12)7-6(10)2-3-13-7/h2-3H,1,4,10H2,(H,11,12). The minimum Gasteiger partial charge on any atom is -0.397 e. The van der Waals surface area contributed by atoms with E-state index in [1.807, 2.05) is 0 Å². The molecule has 0 spiro atoms. The van der Waals surface area contributed by atoms with Gasteiger partial charge in [0.15, 0.2) is 0 Å². The molecule has 0 saturated carbocycles. The molecule has 0 atom stereocenters. The van der Waals surface area contributed by atoms with Crippen molar-refractivity contribution >= 4 is 34.5 Å². The average Bonchev–Trinajstić information content (AvgIpc) is 2.47. The number of carbonyl (C=O) groups excluding carboxylic acids is 1. The minimum absolute atomic E-state index is 0.214. The number of hydrogen-bond acceptors (Lipinski definition) is 3. The second-order valence-electron chi connectivity index (χ2n) is 2.41. The highest BCUT2D eigenvalue weighted by Crippen LogP contribution is 2.18. The van der Waals surface area contributed by atoms with Crippen molar-refractivity contribution in [2.45, 2.75) is 0 Å². The van der Waals surface area contributed by atoms with Gasteiger partial charge in [0.05, 0.1) is 12.2 Å². The number of hydrogen-bond donors (Lipinski definition) is 2. The van der Waals surface area contributed by atoms with Gasteiger partial charge < -0.3 is 11.1 Å². The van der Waals surface area contributed by atoms with E-state index in [4.69, 9.17) is 17.3 Å². The first-order chi connectivity index (χ1) is 6.11. The monoisotopic (exact) mass is 216 g/mol. The van der Waals surface area contributed by atoms with Gasteiger partial charge in [-0.15, -0.1) is 11.3 Å². The van der Waals surface area contributed by atoms with Crippen LogP contribution in [0, 0.1) is 0 Å². The number of rotatable bonds is 3. The molecule has 0 radical (unpaired) electrons. The largest absolute Gasteiger partial charge is 0.397 e. The van der Waals surface area contributed by atoms with Crippen LogP contribution < -0.4 is 11.1 Å². The van der Waals surface area contributed by atoms with Gasteiger partial charge in [0, 0.05) is 5.03 Å². The molecule has 0 fully saturated rings. The predicted molar refractivity (Wildman–Crippen MR) is 56.1 cm³/mol. The molecule has 0 aromatic carbocycles. The lowest BCUT2D eigenvalue weighted by molar-refractivity contribution is 0.0962. The molecular weight excluding hydrogens is 208 g/mol. The van der Waals surface area contributed by atoms with Crippen molar-refractivity contribution in [2.24, 2.45) is 0 Å². The minimum atomic E-state index is -0.214. The van der Waals surface area contributed by atoms with E-state index in [9.17, 15) is 4.79 Å². The van der Waals surface area contributed by atoms with E-state index >= 15 is 0 Å². The number of amides is 1. The third kappa shape index (κ3) is 2.75. The molecule has 1 amide bonds. The number of nitrogens with one attached hydrogen (secondary N) is 1. The van der Waals surface area contributed by atoms with Crippen LogP contribution in [-0.4, -0.2) is 12.5 Å². The molecule has 5 heteroatoms. The lowest BCUT2D eigenvalue weighted by Crippen LogP contribution is -2.24. The first-order valence-electron chi connectivity index (χ1n) is 3.55. The molecule has 0 aliphatic heterocycles. The maximum absolute atomic E-state index is 11.4. The van der Waals surface area contributed by atoms with Crippen molar-refractivity contribution in [3.8, 4) is 0 Å². The quantitative estimate of drug-likeness (QED) is 0.810. The first kappa shape index (κ1) is 10.1. The van der Waals surface area contributed by atoms with Gasteiger partial charge in [-0.1, -0.05) is 18.2 Å². The van der Waals surface area contributed by atoms with Crippen LogP contribution in [-0.2, 0) is 0 Å². The molecule has 13 heavy (non-hydrogen) atoms. The van der Waals surface area contributed by atoms with E-state index in [2.05, 4.69) is 11.9 Å². The highest BCUT2D eigenvalue weighted by atomic mass is 35.5. The van der Waals surface area contributed by atoms with E-state index in [1.54, 1.807) is 11.4 Å². The van der Waals surface area contributed by atoms with Gasteiger partial charge in [0.2, 0.25) is 0 Å². The molecule has 0 saturated heterocycles. The van der Waals surface area contributed by atoms with Gasteiger partial charge in [0.25, 0.3) is 5.91 Å². The topological polar surface area (TPSA) is 55.1 Å². The van der Waals surface area contributed by atoms with Crippen molar-refractivity contribution in [1.29, 1.82) is 0 Å². The lowest BCUT2D eigenvalue weighted by atomic mass is 10.4.